The lowest BCUT2D eigenvalue weighted by Crippen LogP contribution is -2.70. The quantitative estimate of drug-likeness (QED) is 0.550. The molecule has 1 fully saturated rings. The number of phenols is 1. The van der Waals surface area contributed by atoms with E-state index in [0.717, 1.165) is 4.90 Å². The number of hydrogen-bond acceptors (Lipinski definition) is 6. The maximum atomic E-state index is 12.3. The number of carboxylic acid groups (broad SMARTS) is 1. The molecule has 2 heterocycles. The highest BCUT2D eigenvalue weighted by molar-refractivity contribution is 8.00. The summed E-state index contributed by atoms with van der Waals surface area (Å²) in [7, 11) is 0. The largest absolute Gasteiger partial charge is 0.508 e. The van der Waals surface area contributed by atoms with Gasteiger partial charge >= 0.3 is 5.97 Å². The van der Waals surface area contributed by atoms with E-state index in [2.05, 4.69) is 5.32 Å². The summed E-state index contributed by atoms with van der Waals surface area (Å²) in [6, 6.07) is 3.95. The van der Waals surface area contributed by atoms with Gasteiger partial charge in [0.05, 0.1) is 5.03 Å². The Morgan fingerprint density at radius 2 is 2.00 bits per heavy atom. The van der Waals surface area contributed by atoms with Crippen molar-refractivity contribution >= 4 is 41.1 Å². The maximum Gasteiger partial charge on any atom is 0.353 e. The number of rotatable bonds is 4. The minimum absolute atomic E-state index is 0.0460. The predicted molar refractivity (Wildman–Crippen MR) is 90.6 cm³/mol. The van der Waals surface area contributed by atoms with Crippen LogP contribution >= 0.6 is 23.4 Å². The zero-order valence-corrected chi connectivity index (χ0v) is 14.3. The lowest BCUT2D eigenvalue weighted by Gasteiger charge is -2.48. The van der Waals surface area contributed by atoms with Crippen LogP contribution in [-0.2, 0) is 14.4 Å². The molecular formula is C15H14ClN3O5S. The predicted octanol–water partition coefficient (Wildman–Crippen LogP) is 0.327. The van der Waals surface area contributed by atoms with Crippen LogP contribution in [0.3, 0.4) is 0 Å². The molecule has 0 aromatic heterocycles. The fraction of sp³-hybridized carbons (Fsp3) is 0.267. The van der Waals surface area contributed by atoms with Crippen LogP contribution in [0.4, 0.5) is 0 Å². The highest BCUT2D eigenvalue weighted by atomic mass is 35.5. The average Bonchev–Trinajstić information content (AvgIpc) is 2.58. The fourth-order valence-electron chi connectivity index (χ4n) is 2.66. The number of β-lactam (4-membered cyclic amide) rings is 1. The molecule has 0 spiro atoms. The second-order valence-corrected chi connectivity index (χ2v) is 7.09. The summed E-state index contributed by atoms with van der Waals surface area (Å²) in [6.45, 7) is 0. The molecule has 1 aromatic carbocycles. The number of aromatic hydroxyl groups is 1. The van der Waals surface area contributed by atoms with E-state index in [9.17, 15) is 24.6 Å². The molecule has 0 aliphatic carbocycles. The Balaban J connectivity index is 1.71. The van der Waals surface area contributed by atoms with Crippen molar-refractivity contribution in [3.8, 4) is 5.75 Å². The summed E-state index contributed by atoms with van der Waals surface area (Å²) in [5.41, 5.74) is 6.11. The van der Waals surface area contributed by atoms with Gasteiger partial charge in [-0.3, -0.25) is 14.5 Å². The van der Waals surface area contributed by atoms with Crippen molar-refractivity contribution in [1.29, 1.82) is 0 Å². The second-order valence-electron chi connectivity index (χ2n) is 5.52. The lowest BCUT2D eigenvalue weighted by atomic mass is 10.0. The topological polar surface area (TPSA) is 133 Å². The Morgan fingerprint density at radius 3 is 2.60 bits per heavy atom. The van der Waals surface area contributed by atoms with Gasteiger partial charge in [0.2, 0.25) is 5.91 Å². The van der Waals surface area contributed by atoms with Gasteiger partial charge in [-0.1, -0.05) is 23.7 Å². The van der Waals surface area contributed by atoms with Crippen LogP contribution < -0.4 is 11.1 Å². The van der Waals surface area contributed by atoms with Crippen LogP contribution in [-0.4, -0.2) is 50.1 Å². The number of nitrogens with zero attached hydrogens (tertiary/aromatic N) is 1. The number of hydrogen-bond donors (Lipinski definition) is 4. The number of benzene rings is 1. The van der Waals surface area contributed by atoms with Gasteiger partial charge in [-0.15, -0.1) is 11.8 Å². The first-order valence-corrected chi connectivity index (χ1v) is 8.65. The van der Waals surface area contributed by atoms with Crippen molar-refractivity contribution in [1.82, 2.24) is 10.2 Å². The van der Waals surface area contributed by atoms with Crippen molar-refractivity contribution < 1.29 is 24.6 Å². The number of phenolic OH excluding ortho intramolecular Hbond substituents is 1. The molecule has 2 aliphatic rings. The van der Waals surface area contributed by atoms with Gasteiger partial charge in [0.15, 0.2) is 0 Å². The van der Waals surface area contributed by atoms with Gasteiger partial charge in [0.1, 0.15) is 28.9 Å². The van der Waals surface area contributed by atoms with Gasteiger partial charge in [-0.05, 0) is 17.7 Å². The number of carboxylic acids is 1. The van der Waals surface area contributed by atoms with E-state index in [1.165, 1.54) is 36.0 Å². The summed E-state index contributed by atoms with van der Waals surface area (Å²) < 4.78 is 0. The highest BCUT2D eigenvalue weighted by Crippen LogP contribution is 2.41. The standard InChI is InChI=1S/C15H14ClN3O5S/c16-8-5-25-14-10(13(22)19(14)11(8)15(23)24)18-12(21)9(17)6-1-3-7(20)4-2-6/h1-4,9-10,14,20H,5,17H2,(H,18,21)(H,23,24)/t9?,10-,14+/m1/s1. The van der Waals surface area contributed by atoms with Crippen molar-refractivity contribution in [2.75, 3.05) is 5.75 Å². The molecule has 3 atom stereocenters. The van der Waals surface area contributed by atoms with Crippen LogP contribution in [0.2, 0.25) is 0 Å². The molecule has 1 saturated heterocycles. The van der Waals surface area contributed by atoms with E-state index in [1.807, 2.05) is 0 Å². The maximum absolute atomic E-state index is 12.3. The number of amides is 2. The van der Waals surface area contributed by atoms with Gasteiger partial charge in [0.25, 0.3) is 5.91 Å². The van der Waals surface area contributed by atoms with E-state index in [-0.39, 0.29) is 22.2 Å². The number of halogens is 1. The van der Waals surface area contributed by atoms with Gasteiger partial charge in [0, 0.05) is 5.75 Å². The molecule has 5 N–H and O–H groups in total. The first-order valence-electron chi connectivity index (χ1n) is 7.22. The van der Waals surface area contributed by atoms with Gasteiger partial charge in [-0.2, -0.15) is 0 Å². The molecule has 2 aliphatic heterocycles. The molecular weight excluding hydrogens is 370 g/mol. The molecule has 1 aromatic rings. The number of carbonyl (C=O) groups is 3. The molecule has 1 unspecified atom stereocenters. The second kappa shape index (κ2) is 6.58. The summed E-state index contributed by atoms with van der Waals surface area (Å²) in [5.74, 6) is -2.10. The highest BCUT2D eigenvalue weighted by Gasteiger charge is 2.54. The zero-order valence-electron chi connectivity index (χ0n) is 12.7. The van der Waals surface area contributed by atoms with Crippen LogP contribution in [0, 0.1) is 0 Å². The molecule has 0 saturated carbocycles. The summed E-state index contributed by atoms with van der Waals surface area (Å²) in [4.78, 5) is 36.9. The Kier molecular flexibility index (Phi) is 4.63. The summed E-state index contributed by atoms with van der Waals surface area (Å²) in [6.07, 6.45) is 0. The van der Waals surface area contributed by atoms with Crippen molar-refractivity contribution in [2.45, 2.75) is 17.5 Å². The number of thioether (sulfide) groups is 1. The minimum Gasteiger partial charge on any atom is -0.508 e. The molecule has 25 heavy (non-hydrogen) atoms. The van der Waals surface area contributed by atoms with E-state index >= 15 is 0 Å². The summed E-state index contributed by atoms with van der Waals surface area (Å²) in [5, 5.41) is 20.6. The summed E-state index contributed by atoms with van der Waals surface area (Å²) >= 11 is 7.16. The van der Waals surface area contributed by atoms with Gasteiger partial charge in [-0.25, -0.2) is 4.79 Å². The third kappa shape index (κ3) is 3.06. The molecule has 2 amide bonds. The third-order valence-electron chi connectivity index (χ3n) is 3.96. The van der Waals surface area contributed by atoms with Crippen molar-refractivity contribution in [2.24, 2.45) is 5.73 Å². The average molecular weight is 384 g/mol. The number of fused-ring (bicyclic) bond motifs is 1. The van der Waals surface area contributed by atoms with E-state index < -0.39 is 35.2 Å². The van der Waals surface area contributed by atoms with E-state index in [1.54, 1.807) is 0 Å². The van der Waals surface area contributed by atoms with Crippen molar-refractivity contribution in [3.05, 3.63) is 40.6 Å². The van der Waals surface area contributed by atoms with Gasteiger partial charge < -0.3 is 21.3 Å². The first-order chi connectivity index (χ1) is 11.8. The van der Waals surface area contributed by atoms with Crippen LogP contribution in [0.25, 0.3) is 0 Å². The molecule has 10 heteroatoms. The van der Waals surface area contributed by atoms with E-state index in [0.29, 0.717) is 5.56 Å². The van der Waals surface area contributed by atoms with Crippen molar-refractivity contribution in [3.63, 3.8) is 0 Å². The van der Waals surface area contributed by atoms with E-state index in [4.69, 9.17) is 17.3 Å². The lowest BCUT2D eigenvalue weighted by molar-refractivity contribution is -0.150. The monoisotopic (exact) mass is 383 g/mol. The number of nitrogens with two attached hydrogens (primary N) is 1. The molecule has 3 rings (SSSR count). The molecule has 0 bridgehead atoms. The Morgan fingerprint density at radius 1 is 1.36 bits per heavy atom. The molecule has 132 valence electrons. The smallest absolute Gasteiger partial charge is 0.353 e. The fourth-order valence-corrected chi connectivity index (χ4v) is 4.21. The number of carbonyl (C=O) groups excluding carboxylic acids is 2. The van der Waals surface area contributed by atoms with Crippen LogP contribution in [0.1, 0.15) is 11.6 Å². The van der Waals surface area contributed by atoms with Crippen LogP contribution in [0.5, 0.6) is 5.75 Å². The van der Waals surface area contributed by atoms with Crippen LogP contribution in [0.15, 0.2) is 35.0 Å². The minimum atomic E-state index is -1.28. The first kappa shape index (κ1) is 17.6. The Bertz CT molecular complexity index is 782. The Hall–Kier alpha value is -2.23. The SMILES string of the molecule is NC(C(=O)N[C@@H]1C(=O)N2C(C(=O)O)=C(Cl)CS[C@@H]12)c1ccc(O)cc1. The zero-order chi connectivity index (χ0) is 18.3. The number of aliphatic carboxylic acids is 1. The Labute approximate surface area is 151 Å². The molecule has 0 radical (unpaired) electrons. The number of nitrogens with one attached hydrogen (secondary N) is 1. The third-order valence-corrected chi connectivity index (χ3v) is 5.71. The molecule has 8 nitrogen and oxygen atoms in total. The normalized spacial score (nSPS) is 23.6.